The normalized spacial score (nSPS) is 10.9. The second-order valence-corrected chi connectivity index (χ2v) is 4.49. The highest BCUT2D eigenvalue weighted by Crippen LogP contribution is 2.39. The van der Waals surface area contributed by atoms with Gasteiger partial charge in [0.1, 0.15) is 0 Å². The summed E-state index contributed by atoms with van der Waals surface area (Å²) in [7, 11) is 4.74. The molecule has 0 atom stereocenters. The molecule has 0 fully saturated rings. The number of nitrogens with zero attached hydrogens (tertiary/aromatic N) is 1. The Morgan fingerprint density at radius 2 is 1.76 bits per heavy atom. The summed E-state index contributed by atoms with van der Waals surface area (Å²) in [6.07, 6.45) is 0. The third-order valence-electron chi connectivity index (χ3n) is 2.64. The van der Waals surface area contributed by atoms with Crippen molar-refractivity contribution >= 4 is 29.9 Å². The van der Waals surface area contributed by atoms with E-state index in [4.69, 9.17) is 19.9 Å². The third kappa shape index (κ3) is 5.49. The summed E-state index contributed by atoms with van der Waals surface area (Å²) < 4.78 is 15.9. The van der Waals surface area contributed by atoms with E-state index >= 15 is 0 Å². The van der Waals surface area contributed by atoms with Crippen molar-refractivity contribution in [3.05, 3.63) is 17.7 Å². The number of hydrogen-bond donors (Lipinski definition) is 2. The molecule has 1 rings (SSSR count). The molecule has 0 aromatic heterocycles. The van der Waals surface area contributed by atoms with E-state index < -0.39 is 0 Å². The number of aliphatic imine (C=N–C) groups is 1. The van der Waals surface area contributed by atoms with Crippen LogP contribution in [0.1, 0.15) is 19.4 Å². The topological polar surface area (TPSA) is 78.1 Å². The zero-order valence-corrected chi connectivity index (χ0v) is 15.4. The molecule has 21 heavy (non-hydrogen) atoms. The van der Waals surface area contributed by atoms with Gasteiger partial charge >= 0.3 is 0 Å². The minimum Gasteiger partial charge on any atom is -0.493 e. The molecule has 7 heteroatoms. The fourth-order valence-corrected chi connectivity index (χ4v) is 1.80. The van der Waals surface area contributed by atoms with Crippen LogP contribution in [-0.2, 0) is 6.54 Å². The highest BCUT2D eigenvalue weighted by Gasteiger charge is 2.15. The Hall–Kier alpha value is -1.38. The van der Waals surface area contributed by atoms with E-state index in [1.54, 1.807) is 21.3 Å². The van der Waals surface area contributed by atoms with Gasteiger partial charge in [-0.1, -0.05) is 0 Å². The van der Waals surface area contributed by atoms with Gasteiger partial charge in [-0.3, -0.25) is 0 Å². The van der Waals surface area contributed by atoms with Gasteiger partial charge in [0.15, 0.2) is 17.5 Å². The summed E-state index contributed by atoms with van der Waals surface area (Å²) in [4.78, 5) is 4.28. The Morgan fingerprint density at radius 1 is 1.14 bits per heavy atom. The summed E-state index contributed by atoms with van der Waals surface area (Å²) in [6, 6.07) is 3.94. The van der Waals surface area contributed by atoms with Crippen LogP contribution >= 0.6 is 24.0 Å². The van der Waals surface area contributed by atoms with E-state index in [0.717, 1.165) is 5.56 Å². The molecule has 1 aromatic carbocycles. The molecule has 0 unspecified atom stereocenters. The minimum absolute atomic E-state index is 0. The maximum absolute atomic E-state index is 5.78. The van der Waals surface area contributed by atoms with Crippen molar-refractivity contribution in [3.8, 4) is 17.2 Å². The monoisotopic (exact) mass is 409 g/mol. The molecule has 0 radical (unpaired) electrons. The average molecular weight is 409 g/mol. The van der Waals surface area contributed by atoms with Gasteiger partial charge in [0.25, 0.3) is 0 Å². The van der Waals surface area contributed by atoms with E-state index in [1.807, 2.05) is 26.0 Å². The van der Waals surface area contributed by atoms with Crippen LogP contribution in [0.2, 0.25) is 0 Å². The van der Waals surface area contributed by atoms with Crippen molar-refractivity contribution in [1.82, 2.24) is 5.32 Å². The number of ether oxygens (including phenoxy) is 3. The molecule has 1 aromatic rings. The Kier molecular flexibility index (Phi) is 8.91. The maximum Gasteiger partial charge on any atom is 0.203 e. The largest absolute Gasteiger partial charge is 0.493 e. The Bertz CT molecular complexity index is 479. The van der Waals surface area contributed by atoms with E-state index in [1.165, 1.54) is 0 Å². The molecule has 3 N–H and O–H groups in total. The Morgan fingerprint density at radius 3 is 2.24 bits per heavy atom. The van der Waals surface area contributed by atoms with Crippen LogP contribution < -0.4 is 25.3 Å². The first-order chi connectivity index (χ1) is 9.53. The zero-order valence-electron chi connectivity index (χ0n) is 13.1. The molecule has 120 valence electrons. The Labute approximate surface area is 143 Å². The SMILES string of the molecule is COc1ccc(CN=C(N)NC(C)C)c(OC)c1OC.I. The van der Waals surface area contributed by atoms with Crippen LogP contribution in [0.25, 0.3) is 0 Å². The molecular formula is C14H24IN3O3. The number of benzene rings is 1. The number of nitrogens with one attached hydrogen (secondary N) is 1. The number of methoxy groups -OCH3 is 3. The van der Waals surface area contributed by atoms with Crippen molar-refractivity contribution < 1.29 is 14.2 Å². The standard InChI is InChI=1S/C14H23N3O3.HI/c1-9(2)17-14(15)16-8-10-6-7-11(18-3)13(20-5)12(10)19-4;/h6-7,9H,8H2,1-5H3,(H3,15,16,17);1H. The van der Waals surface area contributed by atoms with Gasteiger partial charge in [0.05, 0.1) is 27.9 Å². The smallest absolute Gasteiger partial charge is 0.203 e. The van der Waals surface area contributed by atoms with Crippen molar-refractivity contribution in [2.45, 2.75) is 26.4 Å². The average Bonchev–Trinajstić information content (AvgIpc) is 2.42. The summed E-state index contributed by atoms with van der Waals surface area (Å²) in [5, 5.41) is 3.03. The van der Waals surface area contributed by atoms with E-state index in [2.05, 4.69) is 10.3 Å². The van der Waals surface area contributed by atoms with E-state index in [-0.39, 0.29) is 30.0 Å². The molecule has 0 spiro atoms. The second-order valence-electron chi connectivity index (χ2n) is 4.49. The van der Waals surface area contributed by atoms with Gasteiger partial charge in [0, 0.05) is 11.6 Å². The van der Waals surface area contributed by atoms with Gasteiger partial charge in [-0.2, -0.15) is 0 Å². The van der Waals surface area contributed by atoms with Crippen molar-refractivity contribution in [1.29, 1.82) is 0 Å². The summed E-state index contributed by atoms with van der Waals surface area (Å²) in [6.45, 7) is 4.40. The predicted octanol–water partition coefficient (Wildman–Crippen LogP) is 2.14. The first-order valence-electron chi connectivity index (χ1n) is 6.37. The molecule has 0 aliphatic heterocycles. The van der Waals surface area contributed by atoms with E-state index in [0.29, 0.717) is 29.8 Å². The van der Waals surface area contributed by atoms with Crippen LogP contribution in [0.3, 0.4) is 0 Å². The molecule has 0 aliphatic carbocycles. The van der Waals surface area contributed by atoms with Gasteiger partial charge in [-0.15, -0.1) is 24.0 Å². The molecule has 6 nitrogen and oxygen atoms in total. The third-order valence-corrected chi connectivity index (χ3v) is 2.64. The van der Waals surface area contributed by atoms with Crippen LogP contribution in [0.5, 0.6) is 17.2 Å². The van der Waals surface area contributed by atoms with Crippen LogP contribution in [0, 0.1) is 0 Å². The molecule has 0 heterocycles. The molecule has 0 saturated heterocycles. The summed E-state index contributed by atoms with van der Waals surface area (Å²) >= 11 is 0. The van der Waals surface area contributed by atoms with Crippen molar-refractivity contribution in [2.75, 3.05) is 21.3 Å². The lowest BCUT2D eigenvalue weighted by Gasteiger charge is -2.15. The second kappa shape index (κ2) is 9.54. The van der Waals surface area contributed by atoms with Crippen LogP contribution in [0.15, 0.2) is 17.1 Å². The lowest BCUT2D eigenvalue weighted by atomic mass is 10.1. The molecule has 0 saturated carbocycles. The Balaban J connectivity index is 0.00000400. The zero-order chi connectivity index (χ0) is 15.1. The lowest BCUT2D eigenvalue weighted by Crippen LogP contribution is -2.36. The van der Waals surface area contributed by atoms with Gasteiger partial charge in [0.2, 0.25) is 5.75 Å². The van der Waals surface area contributed by atoms with Gasteiger partial charge < -0.3 is 25.3 Å². The number of halogens is 1. The number of hydrogen-bond acceptors (Lipinski definition) is 4. The highest BCUT2D eigenvalue weighted by atomic mass is 127. The first-order valence-corrected chi connectivity index (χ1v) is 6.37. The number of guanidine groups is 1. The fourth-order valence-electron chi connectivity index (χ4n) is 1.80. The van der Waals surface area contributed by atoms with E-state index in [9.17, 15) is 0 Å². The molecule has 0 amide bonds. The highest BCUT2D eigenvalue weighted by molar-refractivity contribution is 14.0. The maximum atomic E-state index is 5.78. The van der Waals surface area contributed by atoms with Gasteiger partial charge in [-0.25, -0.2) is 4.99 Å². The fraction of sp³-hybridized carbons (Fsp3) is 0.500. The number of rotatable bonds is 6. The minimum atomic E-state index is 0. The van der Waals surface area contributed by atoms with Crippen LogP contribution in [-0.4, -0.2) is 33.3 Å². The molecular weight excluding hydrogens is 385 g/mol. The molecule has 0 aliphatic rings. The lowest BCUT2D eigenvalue weighted by molar-refractivity contribution is 0.322. The van der Waals surface area contributed by atoms with Crippen molar-refractivity contribution in [3.63, 3.8) is 0 Å². The first kappa shape index (κ1) is 19.6. The summed E-state index contributed by atoms with van der Waals surface area (Å²) in [5.74, 6) is 2.17. The predicted molar refractivity (Wildman–Crippen MR) is 95.1 cm³/mol. The van der Waals surface area contributed by atoms with Crippen LogP contribution in [0.4, 0.5) is 0 Å². The molecule has 0 bridgehead atoms. The summed E-state index contributed by atoms with van der Waals surface area (Å²) in [5.41, 5.74) is 6.66. The van der Waals surface area contributed by atoms with Crippen molar-refractivity contribution in [2.24, 2.45) is 10.7 Å². The number of nitrogens with two attached hydrogens (primary N) is 1. The van der Waals surface area contributed by atoms with Gasteiger partial charge in [-0.05, 0) is 26.0 Å². The quantitative estimate of drug-likeness (QED) is 0.428.